The molecule has 4 heteroatoms. The van der Waals surface area contributed by atoms with E-state index in [1.165, 1.54) is 18.3 Å². The van der Waals surface area contributed by atoms with Crippen molar-refractivity contribution in [2.75, 3.05) is 17.6 Å². The smallest absolute Gasteiger partial charge is 0.171 e. The molecule has 14 heavy (non-hydrogen) atoms. The van der Waals surface area contributed by atoms with Crippen LogP contribution in [0.15, 0.2) is 6.07 Å². The predicted molar refractivity (Wildman–Crippen MR) is 62.1 cm³/mol. The summed E-state index contributed by atoms with van der Waals surface area (Å²) in [5.74, 6) is 0.615. The van der Waals surface area contributed by atoms with Gasteiger partial charge < -0.3 is 11.1 Å². The summed E-state index contributed by atoms with van der Waals surface area (Å²) in [5, 5.41) is 4.22. The van der Waals surface area contributed by atoms with Crippen molar-refractivity contribution >= 4 is 27.8 Å². The van der Waals surface area contributed by atoms with Crippen molar-refractivity contribution in [2.24, 2.45) is 5.92 Å². The van der Waals surface area contributed by atoms with Crippen LogP contribution in [0.3, 0.4) is 0 Å². The molecule has 0 fully saturated rings. The van der Waals surface area contributed by atoms with Gasteiger partial charge in [0.05, 0.1) is 15.6 Å². The van der Waals surface area contributed by atoms with Gasteiger partial charge in [-0.25, -0.2) is 0 Å². The highest BCUT2D eigenvalue weighted by molar-refractivity contribution is 7.18. The molecular weight excluding hydrogens is 196 g/mol. The maximum absolute atomic E-state index is 11.1. The van der Waals surface area contributed by atoms with E-state index in [2.05, 4.69) is 19.2 Å². The van der Waals surface area contributed by atoms with E-state index < -0.39 is 0 Å². The summed E-state index contributed by atoms with van der Waals surface area (Å²) in [5.41, 5.74) is 6.28. The van der Waals surface area contributed by atoms with Gasteiger partial charge in [-0.2, -0.15) is 0 Å². The van der Waals surface area contributed by atoms with Crippen molar-refractivity contribution in [3.8, 4) is 0 Å². The van der Waals surface area contributed by atoms with Crippen LogP contribution in [0.2, 0.25) is 0 Å². The molecule has 1 aromatic heterocycles. The van der Waals surface area contributed by atoms with Crippen LogP contribution in [0.1, 0.15) is 30.4 Å². The second-order valence-electron chi connectivity index (χ2n) is 3.73. The largest absolute Gasteiger partial charge is 0.397 e. The van der Waals surface area contributed by atoms with Gasteiger partial charge in [0.2, 0.25) is 0 Å². The zero-order chi connectivity index (χ0) is 10.7. The van der Waals surface area contributed by atoms with Crippen LogP contribution in [0, 0.1) is 5.92 Å². The van der Waals surface area contributed by atoms with Crippen LogP contribution >= 0.6 is 11.3 Å². The van der Waals surface area contributed by atoms with E-state index in [0.29, 0.717) is 16.5 Å². The van der Waals surface area contributed by atoms with Crippen molar-refractivity contribution < 1.29 is 4.79 Å². The highest BCUT2D eigenvalue weighted by Crippen LogP contribution is 2.29. The van der Waals surface area contributed by atoms with Gasteiger partial charge >= 0.3 is 0 Å². The SMILES string of the molecule is CC(=O)c1sc(NCC(C)C)cc1N. The molecule has 0 atom stereocenters. The number of carbonyl (C=O) groups excluding carboxylic acids is 1. The van der Waals surface area contributed by atoms with Gasteiger partial charge in [-0.1, -0.05) is 13.8 Å². The summed E-state index contributed by atoms with van der Waals surface area (Å²) in [6.07, 6.45) is 0. The Morgan fingerprint density at radius 3 is 2.71 bits per heavy atom. The molecule has 3 nitrogen and oxygen atoms in total. The quantitative estimate of drug-likeness (QED) is 0.754. The molecule has 1 rings (SSSR count). The molecule has 1 heterocycles. The molecule has 0 bridgehead atoms. The summed E-state index contributed by atoms with van der Waals surface area (Å²) in [6.45, 7) is 6.71. The number of hydrogen-bond acceptors (Lipinski definition) is 4. The highest BCUT2D eigenvalue weighted by Gasteiger charge is 2.09. The number of nitrogen functional groups attached to an aromatic ring is 1. The highest BCUT2D eigenvalue weighted by atomic mass is 32.1. The lowest BCUT2D eigenvalue weighted by atomic mass is 10.2. The van der Waals surface area contributed by atoms with Crippen molar-refractivity contribution in [3.05, 3.63) is 10.9 Å². The zero-order valence-electron chi connectivity index (χ0n) is 8.76. The summed E-state index contributed by atoms with van der Waals surface area (Å²) in [4.78, 5) is 11.8. The first-order chi connectivity index (χ1) is 6.50. The van der Waals surface area contributed by atoms with Crippen molar-refractivity contribution in [1.29, 1.82) is 0 Å². The van der Waals surface area contributed by atoms with Crippen LogP contribution in [0.25, 0.3) is 0 Å². The monoisotopic (exact) mass is 212 g/mol. The second kappa shape index (κ2) is 4.46. The fourth-order valence-corrected chi connectivity index (χ4v) is 1.95. The van der Waals surface area contributed by atoms with E-state index >= 15 is 0 Å². The van der Waals surface area contributed by atoms with Gasteiger partial charge in [-0.05, 0) is 12.0 Å². The molecule has 0 aliphatic carbocycles. The van der Waals surface area contributed by atoms with Gasteiger partial charge in [0, 0.05) is 13.5 Å². The van der Waals surface area contributed by atoms with Crippen LogP contribution in [-0.4, -0.2) is 12.3 Å². The molecular formula is C10H16N2OS. The van der Waals surface area contributed by atoms with E-state index in [0.717, 1.165) is 11.5 Å². The van der Waals surface area contributed by atoms with Gasteiger partial charge in [0.25, 0.3) is 0 Å². The first kappa shape index (κ1) is 11.0. The standard InChI is InChI=1S/C10H16N2OS/c1-6(2)5-12-9-4-8(11)10(14-9)7(3)13/h4,6,12H,5,11H2,1-3H3. The maximum atomic E-state index is 11.1. The molecule has 0 saturated carbocycles. The third-order valence-electron chi connectivity index (χ3n) is 1.77. The predicted octanol–water partition coefficient (Wildman–Crippen LogP) is 2.60. The normalized spacial score (nSPS) is 10.6. The number of rotatable bonds is 4. The first-order valence-corrected chi connectivity index (χ1v) is 5.46. The fourth-order valence-electron chi connectivity index (χ4n) is 1.07. The van der Waals surface area contributed by atoms with E-state index in [1.807, 2.05) is 6.07 Å². The molecule has 0 saturated heterocycles. The average molecular weight is 212 g/mol. The number of hydrogen-bond donors (Lipinski definition) is 2. The topological polar surface area (TPSA) is 55.1 Å². The van der Waals surface area contributed by atoms with Crippen LogP contribution in [0.4, 0.5) is 10.7 Å². The minimum Gasteiger partial charge on any atom is -0.397 e. The van der Waals surface area contributed by atoms with E-state index in [9.17, 15) is 4.79 Å². The molecule has 1 aromatic rings. The first-order valence-electron chi connectivity index (χ1n) is 4.64. The molecule has 0 aliphatic rings. The Morgan fingerprint density at radius 2 is 2.29 bits per heavy atom. The average Bonchev–Trinajstić information content (AvgIpc) is 2.43. The Hall–Kier alpha value is -1.03. The van der Waals surface area contributed by atoms with Gasteiger partial charge in [-0.3, -0.25) is 4.79 Å². The number of nitrogens with two attached hydrogens (primary N) is 1. The molecule has 0 aromatic carbocycles. The van der Waals surface area contributed by atoms with Crippen molar-refractivity contribution in [3.63, 3.8) is 0 Å². The lowest BCUT2D eigenvalue weighted by Gasteiger charge is -2.05. The Morgan fingerprint density at radius 1 is 1.64 bits per heavy atom. The molecule has 0 radical (unpaired) electrons. The minimum atomic E-state index is 0.0325. The molecule has 0 spiro atoms. The van der Waals surface area contributed by atoms with Crippen LogP contribution in [0.5, 0.6) is 0 Å². The molecule has 0 amide bonds. The molecule has 78 valence electrons. The molecule has 3 N–H and O–H groups in total. The maximum Gasteiger partial charge on any atom is 0.171 e. The molecule has 0 aliphatic heterocycles. The Bertz CT molecular complexity index is 331. The summed E-state index contributed by atoms with van der Waals surface area (Å²) < 4.78 is 0. The number of ketones is 1. The Labute approximate surface area is 88.3 Å². The van der Waals surface area contributed by atoms with Crippen molar-refractivity contribution in [2.45, 2.75) is 20.8 Å². The van der Waals surface area contributed by atoms with Crippen LogP contribution in [-0.2, 0) is 0 Å². The Kier molecular flexibility index (Phi) is 3.52. The third kappa shape index (κ3) is 2.73. The fraction of sp³-hybridized carbons (Fsp3) is 0.500. The van der Waals surface area contributed by atoms with Gasteiger partial charge in [-0.15, -0.1) is 11.3 Å². The zero-order valence-corrected chi connectivity index (χ0v) is 9.57. The summed E-state index contributed by atoms with van der Waals surface area (Å²) in [7, 11) is 0. The van der Waals surface area contributed by atoms with Gasteiger partial charge in [0.1, 0.15) is 0 Å². The lowest BCUT2D eigenvalue weighted by molar-refractivity contribution is 0.102. The van der Waals surface area contributed by atoms with Gasteiger partial charge in [0.15, 0.2) is 5.78 Å². The number of thiophene rings is 1. The third-order valence-corrected chi connectivity index (χ3v) is 2.97. The van der Waals surface area contributed by atoms with Crippen molar-refractivity contribution in [1.82, 2.24) is 0 Å². The summed E-state index contributed by atoms with van der Waals surface area (Å²) >= 11 is 1.42. The summed E-state index contributed by atoms with van der Waals surface area (Å²) in [6, 6.07) is 1.82. The van der Waals surface area contributed by atoms with E-state index in [4.69, 9.17) is 5.73 Å². The van der Waals surface area contributed by atoms with E-state index in [1.54, 1.807) is 0 Å². The number of nitrogens with one attached hydrogen (secondary N) is 1. The number of carbonyl (C=O) groups is 1. The second-order valence-corrected chi connectivity index (χ2v) is 4.78. The number of anilines is 2. The number of Topliss-reactive ketones (excluding diaryl/α,β-unsaturated/α-hetero) is 1. The van der Waals surface area contributed by atoms with E-state index in [-0.39, 0.29) is 5.78 Å². The minimum absolute atomic E-state index is 0.0325. The lowest BCUT2D eigenvalue weighted by Crippen LogP contribution is -2.06. The molecule has 0 unspecified atom stereocenters. The Balaban J connectivity index is 2.71. The van der Waals surface area contributed by atoms with Crippen LogP contribution < -0.4 is 11.1 Å².